The summed E-state index contributed by atoms with van der Waals surface area (Å²) in [6.45, 7) is 1.69. The zero-order valence-electron chi connectivity index (χ0n) is 11.5. The summed E-state index contributed by atoms with van der Waals surface area (Å²) in [6, 6.07) is 3.98. The monoisotopic (exact) mass is 414 g/mol. The highest BCUT2D eigenvalue weighted by Crippen LogP contribution is 2.49. The molecule has 0 heterocycles. The minimum absolute atomic E-state index is 0.0267. The van der Waals surface area contributed by atoms with E-state index in [1.807, 2.05) is 0 Å². The maximum Gasteiger partial charge on any atom is 0.341 e. The lowest BCUT2D eigenvalue weighted by molar-refractivity contribution is 0.0522. The summed E-state index contributed by atoms with van der Waals surface area (Å²) in [6.07, 6.45) is 0. The van der Waals surface area contributed by atoms with E-state index in [2.05, 4.69) is 0 Å². The molecule has 0 aromatic heterocycles. The van der Waals surface area contributed by atoms with E-state index in [1.165, 1.54) is 12.1 Å². The Morgan fingerprint density at radius 1 is 1.00 bits per heavy atom. The van der Waals surface area contributed by atoms with E-state index in [1.54, 1.807) is 6.92 Å². The van der Waals surface area contributed by atoms with Gasteiger partial charge in [-0.3, -0.25) is 0 Å². The second-order valence-electron chi connectivity index (χ2n) is 4.33. The smallest absolute Gasteiger partial charge is 0.341 e. The van der Waals surface area contributed by atoms with Crippen LogP contribution in [-0.4, -0.2) is 12.6 Å². The number of carbonyl (C=O) groups is 1. The van der Waals surface area contributed by atoms with Gasteiger partial charge in [-0.05, 0) is 13.0 Å². The molecule has 0 aliphatic carbocycles. The molecule has 0 radical (unpaired) electrons. The molecule has 0 bridgehead atoms. The molecule has 0 aliphatic rings. The summed E-state index contributed by atoms with van der Waals surface area (Å²) < 4.78 is 19.1. The van der Waals surface area contributed by atoms with E-state index >= 15 is 0 Å². The average Bonchev–Trinajstić information content (AvgIpc) is 2.51. The number of esters is 1. The molecule has 2 rings (SSSR count). The maximum atomic E-state index is 14.2. The van der Waals surface area contributed by atoms with Crippen molar-refractivity contribution in [1.29, 1.82) is 0 Å². The van der Waals surface area contributed by atoms with E-state index < -0.39 is 11.8 Å². The summed E-state index contributed by atoms with van der Waals surface area (Å²) in [4.78, 5) is 12.1. The molecule has 0 amide bonds. The van der Waals surface area contributed by atoms with Gasteiger partial charge in [-0.1, -0.05) is 70.1 Å². The van der Waals surface area contributed by atoms with Crippen LogP contribution >= 0.6 is 58.0 Å². The van der Waals surface area contributed by atoms with Crippen LogP contribution in [0.15, 0.2) is 18.2 Å². The standard InChI is InChI=1S/C15H8Cl5FO2/c1-2-23-15(22)8-6(4-3-5-7(8)21)9-10(16)12(18)14(20)13(19)11(9)17/h3-5H,2H2,1H3. The van der Waals surface area contributed by atoms with Gasteiger partial charge in [-0.15, -0.1) is 0 Å². The van der Waals surface area contributed by atoms with Crippen LogP contribution in [-0.2, 0) is 4.74 Å². The highest BCUT2D eigenvalue weighted by atomic mass is 35.5. The molecule has 0 saturated carbocycles. The largest absolute Gasteiger partial charge is 0.462 e. The molecular formula is C15H8Cl5FO2. The number of benzene rings is 2. The molecule has 2 nitrogen and oxygen atoms in total. The summed E-state index contributed by atoms with van der Waals surface area (Å²) in [5.74, 6) is -1.63. The predicted molar refractivity (Wildman–Crippen MR) is 92.8 cm³/mol. The van der Waals surface area contributed by atoms with Gasteiger partial charge in [-0.25, -0.2) is 9.18 Å². The molecule has 122 valence electrons. The highest BCUT2D eigenvalue weighted by Gasteiger charge is 2.26. The molecule has 23 heavy (non-hydrogen) atoms. The van der Waals surface area contributed by atoms with Gasteiger partial charge < -0.3 is 4.74 Å². The van der Waals surface area contributed by atoms with E-state index in [0.717, 1.165) is 6.07 Å². The van der Waals surface area contributed by atoms with Gasteiger partial charge in [0.2, 0.25) is 0 Å². The van der Waals surface area contributed by atoms with Crippen molar-refractivity contribution in [1.82, 2.24) is 0 Å². The molecule has 2 aromatic rings. The molecule has 0 N–H and O–H groups in total. The fourth-order valence-electron chi connectivity index (χ4n) is 1.98. The molecule has 8 heteroatoms. The van der Waals surface area contributed by atoms with Crippen molar-refractivity contribution < 1.29 is 13.9 Å². The Bertz CT molecular complexity index is 763. The van der Waals surface area contributed by atoms with E-state index in [9.17, 15) is 9.18 Å². The molecule has 0 aliphatic heterocycles. The van der Waals surface area contributed by atoms with Crippen LogP contribution in [0, 0.1) is 5.82 Å². The van der Waals surface area contributed by atoms with Crippen molar-refractivity contribution in [2.24, 2.45) is 0 Å². The lowest BCUT2D eigenvalue weighted by atomic mass is 9.99. The fourth-order valence-corrected chi connectivity index (χ4v) is 3.33. The Hall–Kier alpha value is -0.710. The molecule has 0 spiro atoms. The van der Waals surface area contributed by atoms with Crippen molar-refractivity contribution in [3.63, 3.8) is 0 Å². The molecule has 0 saturated heterocycles. The number of ether oxygens (including phenoxy) is 1. The Labute approximate surface area is 157 Å². The van der Waals surface area contributed by atoms with E-state index in [0.29, 0.717) is 0 Å². The number of hydrogen-bond acceptors (Lipinski definition) is 2. The quantitative estimate of drug-likeness (QED) is 0.308. The van der Waals surface area contributed by atoms with Gasteiger partial charge in [0.25, 0.3) is 0 Å². The minimum atomic E-state index is -0.852. The first kappa shape index (κ1) is 18.6. The summed E-state index contributed by atoms with van der Waals surface area (Å²) >= 11 is 30.3. The number of hydrogen-bond donors (Lipinski definition) is 0. The van der Waals surface area contributed by atoms with Crippen LogP contribution in [0.25, 0.3) is 11.1 Å². The van der Waals surface area contributed by atoms with Crippen LogP contribution in [0.1, 0.15) is 17.3 Å². The molecule has 0 atom stereocenters. The second-order valence-corrected chi connectivity index (χ2v) is 6.22. The lowest BCUT2D eigenvalue weighted by Crippen LogP contribution is -2.09. The van der Waals surface area contributed by atoms with Crippen LogP contribution in [0.5, 0.6) is 0 Å². The number of carbonyl (C=O) groups excluding carboxylic acids is 1. The van der Waals surface area contributed by atoms with E-state index in [4.69, 9.17) is 62.7 Å². The third-order valence-electron chi connectivity index (χ3n) is 2.97. The predicted octanol–water partition coefficient (Wildman–Crippen LogP) is 6.94. The molecule has 0 fully saturated rings. The van der Waals surface area contributed by atoms with Crippen LogP contribution in [0.3, 0.4) is 0 Å². The minimum Gasteiger partial charge on any atom is -0.462 e. The highest BCUT2D eigenvalue weighted by molar-refractivity contribution is 6.56. The first-order valence-electron chi connectivity index (χ1n) is 6.28. The Kier molecular flexibility index (Phi) is 6.04. The lowest BCUT2D eigenvalue weighted by Gasteiger charge is -2.15. The van der Waals surface area contributed by atoms with Crippen molar-refractivity contribution in [3.05, 3.63) is 54.7 Å². The third-order valence-corrected chi connectivity index (χ3v) is 5.25. The van der Waals surface area contributed by atoms with Crippen molar-refractivity contribution in [2.45, 2.75) is 6.92 Å². The molecule has 0 unspecified atom stereocenters. The molecular weight excluding hydrogens is 408 g/mol. The first-order valence-corrected chi connectivity index (χ1v) is 8.17. The first-order chi connectivity index (χ1) is 10.8. The Morgan fingerprint density at radius 2 is 1.52 bits per heavy atom. The summed E-state index contributed by atoms with van der Waals surface area (Å²) in [5, 5.41) is -0.195. The van der Waals surface area contributed by atoms with Crippen molar-refractivity contribution in [2.75, 3.05) is 6.61 Å². The van der Waals surface area contributed by atoms with Gasteiger partial charge >= 0.3 is 5.97 Å². The van der Waals surface area contributed by atoms with Crippen LogP contribution in [0.4, 0.5) is 4.39 Å². The van der Waals surface area contributed by atoms with Gasteiger partial charge in [-0.2, -0.15) is 0 Å². The van der Waals surface area contributed by atoms with Gasteiger partial charge in [0.15, 0.2) is 0 Å². The fraction of sp³-hybridized carbons (Fsp3) is 0.133. The number of halogens is 6. The van der Waals surface area contributed by atoms with Crippen molar-refractivity contribution >= 4 is 64.0 Å². The van der Waals surface area contributed by atoms with Gasteiger partial charge in [0.05, 0.1) is 31.7 Å². The zero-order chi connectivity index (χ0) is 17.3. The van der Waals surface area contributed by atoms with Crippen molar-refractivity contribution in [3.8, 4) is 11.1 Å². The van der Waals surface area contributed by atoms with Gasteiger partial charge in [0, 0.05) is 11.1 Å². The number of rotatable bonds is 3. The zero-order valence-corrected chi connectivity index (χ0v) is 15.3. The summed E-state index contributed by atoms with van der Waals surface area (Å²) in [5.41, 5.74) is -0.0955. The van der Waals surface area contributed by atoms with Crippen LogP contribution < -0.4 is 0 Å². The van der Waals surface area contributed by atoms with E-state index in [-0.39, 0.29) is 48.4 Å². The normalized spacial score (nSPS) is 10.7. The Morgan fingerprint density at radius 3 is 2.04 bits per heavy atom. The maximum absolute atomic E-state index is 14.2. The summed E-state index contributed by atoms with van der Waals surface area (Å²) in [7, 11) is 0. The topological polar surface area (TPSA) is 26.3 Å². The Balaban J connectivity index is 2.84. The SMILES string of the molecule is CCOC(=O)c1c(F)cccc1-c1c(Cl)c(Cl)c(Cl)c(Cl)c1Cl. The second kappa shape index (κ2) is 7.45. The third kappa shape index (κ3) is 3.40. The van der Waals surface area contributed by atoms with Crippen LogP contribution in [0.2, 0.25) is 25.1 Å². The molecule has 2 aromatic carbocycles. The van der Waals surface area contributed by atoms with Gasteiger partial charge in [0.1, 0.15) is 11.4 Å². The average molecular weight is 416 g/mol.